The molecule has 1 amide bonds. The third-order valence-corrected chi connectivity index (χ3v) is 3.80. The molecule has 7 nitrogen and oxygen atoms in total. The molecule has 2 rings (SSSR count). The molecular weight excluding hydrogens is 324 g/mol. The van der Waals surface area contributed by atoms with Gasteiger partial charge in [0.15, 0.2) is 0 Å². The Balaban J connectivity index is 2.21. The fraction of sp³-hybridized carbons (Fsp3) is 0.222. The van der Waals surface area contributed by atoms with Crippen LogP contribution in [0.5, 0.6) is 0 Å². The molecule has 0 aliphatic carbocycles. The van der Waals surface area contributed by atoms with Crippen LogP contribution in [-0.2, 0) is 16.0 Å². The lowest BCUT2D eigenvalue weighted by molar-refractivity contribution is -0.384. The minimum Gasteiger partial charge on any atom is -0.467 e. The second-order valence-electron chi connectivity index (χ2n) is 5.49. The molecular formula is C18H18N2O5. The highest BCUT2D eigenvalue weighted by molar-refractivity contribution is 5.97. The van der Waals surface area contributed by atoms with E-state index < -0.39 is 22.8 Å². The lowest BCUT2D eigenvalue weighted by Gasteiger charge is -2.17. The molecule has 2 aromatic rings. The molecule has 0 saturated carbocycles. The average Bonchev–Trinajstić information content (AvgIpc) is 2.62. The molecule has 0 aromatic heterocycles. The van der Waals surface area contributed by atoms with Crippen LogP contribution in [0.15, 0.2) is 48.5 Å². The van der Waals surface area contributed by atoms with Crippen molar-refractivity contribution in [2.45, 2.75) is 19.4 Å². The van der Waals surface area contributed by atoms with Crippen LogP contribution >= 0.6 is 0 Å². The number of ether oxygens (including phenoxy) is 1. The number of non-ortho nitro benzene ring substituents is 1. The van der Waals surface area contributed by atoms with E-state index >= 15 is 0 Å². The Bertz CT molecular complexity index is 804. The number of nitro groups is 1. The van der Waals surface area contributed by atoms with Gasteiger partial charge in [-0.2, -0.15) is 0 Å². The van der Waals surface area contributed by atoms with Crippen molar-refractivity contribution in [1.29, 1.82) is 0 Å². The predicted octanol–water partition coefficient (Wildman–Crippen LogP) is 2.42. The minimum atomic E-state index is -0.891. The van der Waals surface area contributed by atoms with Gasteiger partial charge in [-0.3, -0.25) is 14.9 Å². The highest BCUT2D eigenvalue weighted by Crippen LogP contribution is 2.14. The smallest absolute Gasteiger partial charge is 0.328 e. The quantitative estimate of drug-likeness (QED) is 0.494. The van der Waals surface area contributed by atoms with Gasteiger partial charge in [0.2, 0.25) is 0 Å². The monoisotopic (exact) mass is 342 g/mol. The lowest BCUT2D eigenvalue weighted by Crippen LogP contribution is -2.43. The number of nitro benzene ring substituents is 1. The van der Waals surface area contributed by atoms with Crippen LogP contribution in [0.4, 0.5) is 5.69 Å². The molecule has 1 atom stereocenters. The summed E-state index contributed by atoms with van der Waals surface area (Å²) in [6.07, 6.45) is 0.264. The first-order valence-corrected chi connectivity index (χ1v) is 7.60. The van der Waals surface area contributed by atoms with Gasteiger partial charge in [0.1, 0.15) is 6.04 Å². The van der Waals surface area contributed by atoms with Crippen LogP contribution in [-0.4, -0.2) is 30.0 Å². The van der Waals surface area contributed by atoms with Gasteiger partial charge < -0.3 is 10.1 Å². The molecule has 25 heavy (non-hydrogen) atoms. The maximum atomic E-state index is 12.4. The van der Waals surface area contributed by atoms with Crippen LogP contribution in [0.1, 0.15) is 21.5 Å². The normalized spacial score (nSPS) is 11.4. The Kier molecular flexibility index (Phi) is 5.84. The Hall–Kier alpha value is -3.22. The number of hydrogen-bond donors (Lipinski definition) is 1. The van der Waals surface area contributed by atoms with Crippen molar-refractivity contribution in [3.8, 4) is 0 Å². The second kappa shape index (κ2) is 8.05. The highest BCUT2D eigenvalue weighted by Gasteiger charge is 2.23. The number of nitrogens with zero attached hydrogens (tertiary/aromatic N) is 1. The summed E-state index contributed by atoms with van der Waals surface area (Å²) in [5, 5.41) is 13.4. The van der Waals surface area contributed by atoms with Gasteiger partial charge in [0.05, 0.1) is 12.0 Å². The predicted molar refractivity (Wildman–Crippen MR) is 91.2 cm³/mol. The van der Waals surface area contributed by atoms with Crippen LogP contribution < -0.4 is 5.32 Å². The summed E-state index contributed by atoms with van der Waals surface area (Å²) in [5.74, 6) is -1.16. The van der Waals surface area contributed by atoms with Gasteiger partial charge in [-0.1, -0.05) is 30.3 Å². The third kappa shape index (κ3) is 4.63. The topological polar surface area (TPSA) is 98.5 Å². The minimum absolute atomic E-state index is 0.105. The van der Waals surface area contributed by atoms with E-state index in [-0.39, 0.29) is 17.7 Å². The third-order valence-electron chi connectivity index (χ3n) is 3.80. The molecule has 2 aromatic carbocycles. The Morgan fingerprint density at radius 1 is 1.20 bits per heavy atom. The van der Waals surface area contributed by atoms with Gasteiger partial charge >= 0.3 is 5.97 Å². The Morgan fingerprint density at radius 3 is 2.56 bits per heavy atom. The zero-order chi connectivity index (χ0) is 18.4. The first kappa shape index (κ1) is 18.1. The zero-order valence-electron chi connectivity index (χ0n) is 13.9. The maximum Gasteiger partial charge on any atom is 0.328 e. The summed E-state index contributed by atoms with van der Waals surface area (Å²) in [6, 6.07) is 11.9. The van der Waals surface area contributed by atoms with E-state index in [1.807, 2.05) is 31.2 Å². The van der Waals surface area contributed by atoms with E-state index in [0.29, 0.717) is 0 Å². The van der Waals surface area contributed by atoms with Crippen molar-refractivity contribution >= 4 is 17.6 Å². The highest BCUT2D eigenvalue weighted by atomic mass is 16.6. The maximum absolute atomic E-state index is 12.4. The summed E-state index contributed by atoms with van der Waals surface area (Å²) in [4.78, 5) is 34.7. The molecule has 0 aliphatic rings. The van der Waals surface area contributed by atoms with E-state index in [4.69, 9.17) is 4.74 Å². The molecule has 130 valence electrons. The van der Waals surface area contributed by atoms with Crippen LogP contribution in [0, 0.1) is 17.0 Å². The van der Waals surface area contributed by atoms with Crippen molar-refractivity contribution in [2.24, 2.45) is 0 Å². The van der Waals surface area contributed by atoms with E-state index in [1.54, 1.807) is 0 Å². The van der Waals surface area contributed by atoms with Crippen LogP contribution in [0.3, 0.4) is 0 Å². The van der Waals surface area contributed by atoms with Gasteiger partial charge in [-0.05, 0) is 24.1 Å². The van der Waals surface area contributed by atoms with E-state index in [9.17, 15) is 19.7 Å². The van der Waals surface area contributed by atoms with Crippen molar-refractivity contribution in [2.75, 3.05) is 7.11 Å². The largest absolute Gasteiger partial charge is 0.467 e. The standard InChI is InChI=1S/C18H18N2O5/c1-12-6-3-4-7-13(12)11-16(18(22)25-2)19-17(21)14-8-5-9-15(10-14)20(23)24/h3-10,16H,11H2,1-2H3,(H,19,21)/t16-/m0/s1. The molecule has 0 saturated heterocycles. The molecule has 1 N–H and O–H groups in total. The summed E-state index contributed by atoms with van der Waals surface area (Å²) in [7, 11) is 1.24. The molecule has 0 aliphatic heterocycles. The van der Waals surface area contributed by atoms with Gasteiger partial charge in [0, 0.05) is 24.1 Å². The molecule has 0 fully saturated rings. The SMILES string of the molecule is COC(=O)[C@H](Cc1ccccc1C)NC(=O)c1cccc([N+](=O)[O-])c1. The number of nitrogens with one attached hydrogen (secondary N) is 1. The fourth-order valence-corrected chi connectivity index (χ4v) is 2.40. The van der Waals surface area contributed by atoms with Crippen molar-refractivity contribution < 1.29 is 19.2 Å². The number of carbonyl (C=O) groups is 2. The molecule has 0 bridgehead atoms. The van der Waals surface area contributed by atoms with Crippen molar-refractivity contribution in [3.05, 3.63) is 75.3 Å². The van der Waals surface area contributed by atoms with E-state index in [2.05, 4.69) is 5.32 Å². The Morgan fingerprint density at radius 2 is 1.92 bits per heavy atom. The first-order valence-electron chi connectivity index (χ1n) is 7.60. The molecule has 0 unspecified atom stereocenters. The van der Waals surface area contributed by atoms with Gasteiger partial charge in [0.25, 0.3) is 11.6 Å². The number of esters is 1. The zero-order valence-corrected chi connectivity index (χ0v) is 13.9. The number of carbonyl (C=O) groups excluding carboxylic acids is 2. The van der Waals surface area contributed by atoms with E-state index in [1.165, 1.54) is 25.3 Å². The van der Waals surface area contributed by atoms with Gasteiger partial charge in [-0.25, -0.2) is 4.79 Å². The van der Waals surface area contributed by atoms with Crippen molar-refractivity contribution in [1.82, 2.24) is 5.32 Å². The molecule has 0 radical (unpaired) electrons. The number of aryl methyl sites for hydroxylation is 1. The summed E-state index contributed by atoms with van der Waals surface area (Å²) in [6.45, 7) is 1.91. The number of rotatable bonds is 6. The molecule has 0 spiro atoms. The fourth-order valence-electron chi connectivity index (χ4n) is 2.40. The van der Waals surface area contributed by atoms with Crippen LogP contribution in [0.2, 0.25) is 0 Å². The van der Waals surface area contributed by atoms with Gasteiger partial charge in [-0.15, -0.1) is 0 Å². The average molecular weight is 342 g/mol. The lowest BCUT2D eigenvalue weighted by atomic mass is 10.0. The second-order valence-corrected chi connectivity index (χ2v) is 5.49. The molecule has 0 heterocycles. The van der Waals surface area contributed by atoms with Crippen molar-refractivity contribution in [3.63, 3.8) is 0 Å². The number of amides is 1. The first-order chi connectivity index (χ1) is 11.9. The Labute approximate surface area is 144 Å². The summed E-state index contributed by atoms with van der Waals surface area (Å²) >= 11 is 0. The number of benzene rings is 2. The summed E-state index contributed by atoms with van der Waals surface area (Å²) < 4.78 is 4.76. The molecule has 7 heteroatoms. The number of hydrogen-bond acceptors (Lipinski definition) is 5. The summed E-state index contributed by atoms with van der Waals surface area (Å²) in [5.41, 5.74) is 1.80. The van der Waals surface area contributed by atoms with E-state index in [0.717, 1.165) is 17.2 Å². The number of methoxy groups -OCH3 is 1. The van der Waals surface area contributed by atoms with Crippen LogP contribution in [0.25, 0.3) is 0 Å².